The Hall–Kier alpha value is -0.650. The lowest BCUT2D eigenvalue weighted by Crippen LogP contribution is -2.43. The van der Waals surface area contributed by atoms with E-state index in [2.05, 4.69) is 10.6 Å². The Morgan fingerprint density at radius 2 is 1.90 bits per heavy atom. The minimum Gasteiger partial charge on any atom is -0.381 e. The van der Waals surface area contributed by atoms with Crippen molar-refractivity contribution in [3.63, 3.8) is 0 Å². The molecule has 3 saturated heterocycles. The first-order valence-electron chi connectivity index (χ1n) is 8.01. The second-order valence-electron chi connectivity index (χ2n) is 6.34. The zero-order valence-electron chi connectivity index (χ0n) is 12.2. The van der Waals surface area contributed by atoms with Crippen LogP contribution in [-0.2, 0) is 14.3 Å². The van der Waals surface area contributed by atoms with E-state index in [4.69, 9.17) is 9.47 Å². The second kappa shape index (κ2) is 6.41. The van der Waals surface area contributed by atoms with Gasteiger partial charge < -0.3 is 20.1 Å². The molecule has 1 atom stereocenters. The Bertz CT molecular complexity index is 336. The molecule has 3 rings (SSSR count). The van der Waals surface area contributed by atoms with Crippen LogP contribution in [0.2, 0.25) is 0 Å². The van der Waals surface area contributed by atoms with Gasteiger partial charge in [-0.2, -0.15) is 0 Å². The topological polar surface area (TPSA) is 59.6 Å². The highest BCUT2D eigenvalue weighted by molar-refractivity contribution is 5.78. The van der Waals surface area contributed by atoms with E-state index in [0.29, 0.717) is 19.8 Å². The maximum Gasteiger partial charge on any atom is 0.223 e. The van der Waals surface area contributed by atoms with Gasteiger partial charge in [-0.1, -0.05) is 0 Å². The molecule has 114 valence electrons. The monoisotopic (exact) mass is 282 g/mol. The molecule has 0 unspecified atom stereocenters. The number of nitrogens with one attached hydrogen (secondary N) is 2. The summed E-state index contributed by atoms with van der Waals surface area (Å²) in [7, 11) is 0. The average Bonchev–Trinajstić information content (AvgIpc) is 2.89. The molecule has 1 spiro atoms. The molecular weight excluding hydrogens is 256 g/mol. The summed E-state index contributed by atoms with van der Waals surface area (Å²) in [6.07, 6.45) is 6.35. The Balaban J connectivity index is 1.41. The lowest BCUT2D eigenvalue weighted by Gasteiger charge is -2.34. The fourth-order valence-corrected chi connectivity index (χ4v) is 3.61. The predicted octanol–water partition coefficient (Wildman–Crippen LogP) is 0.830. The normalized spacial score (nSPS) is 30.5. The minimum absolute atomic E-state index is 0.0966. The van der Waals surface area contributed by atoms with Crippen molar-refractivity contribution in [1.82, 2.24) is 10.6 Å². The number of ether oxygens (including phenoxy) is 2. The van der Waals surface area contributed by atoms with Crippen molar-refractivity contribution in [2.24, 2.45) is 5.92 Å². The largest absolute Gasteiger partial charge is 0.381 e. The summed E-state index contributed by atoms with van der Waals surface area (Å²) < 4.78 is 11.5. The first kappa shape index (κ1) is 14.3. The smallest absolute Gasteiger partial charge is 0.223 e. The van der Waals surface area contributed by atoms with Gasteiger partial charge in [-0.15, -0.1) is 0 Å². The molecule has 1 amide bonds. The van der Waals surface area contributed by atoms with E-state index < -0.39 is 0 Å². The van der Waals surface area contributed by atoms with Gasteiger partial charge in [0, 0.05) is 25.7 Å². The Labute approximate surface area is 120 Å². The summed E-state index contributed by atoms with van der Waals surface area (Å²) in [4.78, 5) is 12.1. The van der Waals surface area contributed by atoms with Crippen LogP contribution in [0, 0.1) is 5.92 Å². The van der Waals surface area contributed by atoms with E-state index >= 15 is 0 Å². The highest BCUT2D eigenvalue weighted by atomic mass is 16.5. The van der Waals surface area contributed by atoms with Gasteiger partial charge in [0.15, 0.2) is 0 Å². The zero-order chi connectivity index (χ0) is 13.8. The third kappa shape index (κ3) is 3.32. The zero-order valence-corrected chi connectivity index (χ0v) is 12.2. The summed E-state index contributed by atoms with van der Waals surface area (Å²) in [5, 5.41) is 6.46. The molecule has 3 fully saturated rings. The summed E-state index contributed by atoms with van der Waals surface area (Å²) in [5.74, 6) is 0.321. The number of amides is 1. The average molecular weight is 282 g/mol. The van der Waals surface area contributed by atoms with Crippen LogP contribution in [-0.4, -0.2) is 50.5 Å². The number of carbonyl (C=O) groups is 1. The molecule has 0 aromatic rings. The van der Waals surface area contributed by atoms with Crippen molar-refractivity contribution in [3.8, 4) is 0 Å². The Morgan fingerprint density at radius 3 is 2.65 bits per heavy atom. The van der Waals surface area contributed by atoms with Crippen LogP contribution in [0.15, 0.2) is 0 Å². The van der Waals surface area contributed by atoms with Crippen molar-refractivity contribution >= 4 is 5.91 Å². The molecule has 0 aliphatic carbocycles. The number of rotatable bonds is 3. The van der Waals surface area contributed by atoms with Crippen LogP contribution in [0.3, 0.4) is 0 Å². The molecule has 0 aromatic heterocycles. The molecule has 3 aliphatic rings. The second-order valence-corrected chi connectivity index (χ2v) is 6.34. The quantitative estimate of drug-likeness (QED) is 0.805. The molecule has 5 heteroatoms. The van der Waals surface area contributed by atoms with E-state index in [1.54, 1.807) is 0 Å². The third-order valence-electron chi connectivity index (χ3n) is 4.95. The van der Waals surface area contributed by atoms with Crippen molar-refractivity contribution in [2.75, 3.05) is 32.8 Å². The number of carbonyl (C=O) groups excluding carboxylic acids is 1. The van der Waals surface area contributed by atoms with Gasteiger partial charge in [0.05, 0.1) is 11.7 Å². The van der Waals surface area contributed by atoms with Crippen molar-refractivity contribution in [1.29, 1.82) is 0 Å². The van der Waals surface area contributed by atoms with Gasteiger partial charge >= 0.3 is 0 Å². The Morgan fingerprint density at radius 1 is 1.15 bits per heavy atom. The molecule has 2 N–H and O–H groups in total. The number of hydrogen-bond donors (Lipinski definition) is 2. The van der Waals surface area contributed by atoms with Crippen molar-refractivity contribution in [2.45, 2.75) is 50.2 Å². The molecule has 20 heavy (non-hydrogen) atoms. The van der Waals surface area contributed by atoms with E-state index in [1.165, 1.54) is 0 Å². The molecule has 5 nitrogen and oxygen atoms in total. The van der Waals surface area contributed by atoms with Gasteiger partial charge in [0.1, 0.15) is 0 Å². The fraction of sp³-hybridized carbons (Fsp3) is 0.933. The van der Waals surface area contributed by atoms with Crippen LogP contribution < -0.4 is 10.6 Å². The highest BCUT2D eigenvalue weighted by Crippen LogP contribution is 2.37. The van der Waals surface area contributed by atoms with Crippen LogP contribution in [0.4, 0.5) is 0 Å². The van der Waals surface area contributed by atoms with E-state index in [-0.39, 0.29) is 23.5 Å². The summed E-state index contributed by atoms with van der Waals surface area (Å²) in [6, 6.07) is 0. The summed E-state index contributed by atoms with van der Waals surface area (Å²) >= 11 is 0. The number of hydrogen-bond acceptors (Lipinski definition) is 4. The van der Waals surface area contributed by atoms with Gasteiger partial charge in [0.2, 0.25) is 5.91 Å². The molecule has 3 aliphatic heterocycles. The van der Waals surface area contributed by atoms with E-state index in [1.807, 2.05) is 0 Å². The SMILES string of the molecule is O=C(NC[C@@H]1CCC2(CCNCC2)O1)C1CCOCC1. The summed E-state index contributed by atoms with van der Waals surface area (Å²) in [6.45, 7) is 4.22. The fourth-order valence-electron chi connectivity index (χ4n) is 3.61. The van der Waals surface area contributed by atoms with Crippen molar-refractivity contribution in [3.05, 3.63) is 0 Å². The summed E-state index contributed by atoms with van der Waals surface area (Å²) in [5.41, 5.74) is 0.0966. The van der Waals surface area contributed by atoms with Gasteiger partial charge in [-0.25, -0.2) is 0 Å². The van der Waals surface area contributed by atoms with Crippen LogP contribution >= 0.6 is 0 Å². The van der Waals surface area contributed by atoms with Crippen LogP contribution in [0.1, 0.15) is 38.5 Å². The van der Waals surface area contributed by atoms with Crippen LogP contribution in [0.5, 0.6) is 0 Å². The first-order chi connectivity index (χ1) is 9.77. The van der Waals surface area contributed by atoms with Gasteiger partial charge in [-0.3, -0.25) is 4.79 Å². The van der Waals surface area contributed by atoms with E-state index in [0.717, 1.165) is 51.6 Å². The molecule has 0 aromatic carbocycles. The van der Waals surface area contributed by atoms with Gasteiger partial charge in [-0.05, 0) is 51.6 Å². The Kier molecular flexibility index (Phi) is 4.58. The molecular formula is C15H26N2O3. The highest BCUT2D eigenvalue weighted by Gasteiger charge is 2.40. The maximum atomic E-state index is 12.1. The minimum atomic E-state index is 0.0966. The molecule has 0 bridgehead atoms. The third-order valence-corrected chi connectivity index (χ3v) is 4.95. The molecule has 0 saturated carbocycles. The number of piperidine rings is 1. The maximum absolute atomic E-state index is 12.1. The molecule has 0 radical (unpaired) electrons. The molecule has 3 heterocycles. The van der Waals surface area contributed by atoms with Crippen LogP contribution in [0.25, 0.3) is 0 Å². The lowest BCUT2D eigenvalue weighted by atomic mass is 9.89. The first-order valence-corrected chi connectivity index (χ1v) is 8.01. The standard InChI is InChI=1S/C15H26N2O3/c18-14(12-2-9-19-10-3-12)17-11-13-1-4-15(20-13)5-7-16-8-6-15/h12-13,16H,1-11H2,(H,17,18)/t13-/m0/s1. The van der Waals surface area contributed by atoms with E-state index in [9.17, 15) is 4.79 Å². The van der Waals surface area contributed by atoms with Gasteiger partial charge in [0.25, 0.3) is 0 Å². The predicted molar refractivity (Wildman–Crippen MR) is 75.5 cm³/mol. The van der Waals surface area contributed by atoms with Crippen molar-refractivity contribution < 1.29 is 14.3 Å². The lowest BCUT2D eigenvalue weighted by molar-refractivity contribution is -0.129.